The van der Waals surface area contributed by atoms with Crippen LogP contribution in [0, 0.1) is 5.92 Å². The molecule has 3 saturated heterocycles. The van der Waals surface area contributed by atoms with Gasteiger partial charge in [-0.3, -0.25) is 0 Å². The number of nitrogens with two attached hydrogens (primary N) is 1. The maximum absolute atomic E-state index is 3.57. The molecule has 2 nitrogen and oxygen atoms in total. The molecule has 3 aliphatic rings. The fourth-order valence-electron chi connectivity index (χ4n) is 4.58. The average Bonchev–Trinajstić information content (AvgIpc) is 2.64. The molecular weight excluding hydrogens is 360 g/mol. The molecule has 2 aromatic rings. The molecule has 0 radical (unpaired) electrons. The molecule has 0 spiro atoms. The zero-order valence-corrected chi connectivity index (χ0v) is 15.7. The summed E-state index contributed by atoms with van der Waals surface area (Å²) in [5.41, 5.74) is 2.89. The van der Waals surface area contributed by atoms with E-state index in [0.717, 1.165) is 22.9 Å². The lowest BCUT2D eigenvalue weighted by atomic mass is 9.83. The van der Waals surface area contributed by atoms with Crippen molar-refractivity contribution in [2.24, 2.45) is 5.92 Å². The van der Waals surface area contributed by atoms with Crippen molar-refractivity contribution in [3.63, 3.8) is 0 Å². The summed E-state index contributed by atoms with van der Waals surface area (Å²) in [5, 5.41) is 2.69. The van der Waals surface area contributed by atoms with Gasteiger partial charge in [0.2, 0.25) is 0 Å². The first-order chi connectivity index (χ1) is 11.8. The van der Waals surface area contributed by atoms with Gasteiger partial charge in [0.1, 0.15) is 18.6 Å². The molecule has 2 atom stereocenters. The van der Waals surface area contributed by atoms with Crippen molar-refractivity contribution in [3.8, 4) is 0 Å². The third-order valence-corrected chi connectivity index (χ3v) is 6.47. The Balaban J connectivity index is 1.54. The second-order valence-electron chi connectivity index (χ2n) is 7.50. The molecule has 2 aromatic carbocycles. The highest BCUT2D eigenvalue weighted by atomic mass is 79.9. The van der Waals surface area contributed by atoms with Crippen molar-refractivity contribution in [1.82, 2.24) is 0 Å². The minimum Gasteiger partial charge on any atom is -0.332 e. The first-order valence-electron chi connectivity index (χ1n) is 9.26. The Hall–Kier alpha value is -1.16. The van der Waals surface area contributed by atoms with Crippen LogP contribution in [0.1, 0.15) is 30.0 Å². The fourth-order valence-corrected chi connectivity index (χ4v) is 4.84. The number of nitrogens with one attached hydrogen (secondary N) is 1. The van der Waals surface area contributed by atoms with Gasteiger partial charge in [-0.1, -0.05) is 58.4 Å². The minimum absolute atomic E-state index is 0.519. The minimum atomic E-state index is 0.519. The zero-order valence-electron chi connectivity index (χ0n) is 14.1. The molecule has 24 heavy (non-hydrogen) atoms. The number of hydrogen-bond acceptors (Lipinski definition) is 0. The van der Waals surface area contributed by atoms with E-state index in [9.17, 15) is 0 Å². The van der Waals surface area contributed by atoms with Crippen LogP contribution in [0.15, 0.2) is 59.1 Å². The number of halogens is 1. The van der Waals surface area contributed by atoms with E-state index in [0.29, 0.717) is 6.04 Å². The average molecular weight is 387 g/mol. The highest BCUT2D eigenvalue weighted by Gasteiger charge is 2.41. The third kappa shape index (κ3) is 3.74. The van der Waals surface area contributed by atoms with E-state index in [-0.39, 0.29) is 0 Å². The van der Waals surface area contributed by atoms with Crippen LogP contribution in [0.2, 0.25) is 0 Å². The maximum atomic E-state index is 3.57. The van der Waals surface area contributed by atoms with Crippen LogP contribution in [0.3, 0.4) is 0 Å². The SMILES string of the molecule is Brc1ccc([C@H](Cc2ccccc2)[NH2+][C@@H]2C[NH+]3CCC2CC3)cc1. The summed E-state index contributed by atoms with van der Waals surface area (Å²) in [6.45, 7) is 4.15. The van der Waals surface area contributed by atoms with Crippen molar-refractivity contribution >= 4 is 15.9 Å². The number of benzene rings is 2. The van der Waals surface area contributed by atoms with Crippen LogP contribution in [-0.4, -0.2) is 25.7 Å². The Bertz CT molecular complexity index is 647. The predicted octanol–water partition coefficient (Wildman–Crippen LogP) is 1.97. The molecule has 3 fully saturated rings. The molecule has 0 unspecified atom stereocenters. The van der Waals surface area contributed by atoms with E-state index in [1.807, 2.05) is 4.90 Å². The molecule has 3 heterocycles. The van der Waals surface area contributed by atoms with Gasteiger partial charge in [0, 0.05) is 35.2 Å². The van der Waals surface area contributed by atoms with Crippen LogP contribution in [0.25, 0.3) is 0 Å². The van der Waals surface area contributed by atoms with Crippen LogP contribution in [0.4, 0.5) is 0 Å². The summed E-state index contributed by atoms with van der Waals surface area (Å²) < 4.78 is 1.16. The summed E-state index contributed by atoms with van der Waals surface area (Å²) in [5.74, 6) is 0.927. The molecule has 3 heteroatoms. The number of hydrogen-bond donors (Lipinski definition) is 2. The number of rotatable bonds is 5. The van der Waals surface area contributed by atoms with Gasteiger partial charge < -0.3 is 10.2 Å². The van der Waals surface area contributed by atoms with Gasteiger partial charge >= 0.3 is 0 Å². The molecule has 0 saturated carbocycles. The lowest BCUT2D eigenvalue weighted by molar-refractivity contribution is -0.945. The van der Waals surface area contributed by atoms with Crippen LogP contribution in [-0.2, 0) is 6.42 Å². The lowest BCUT2D eigenvalue weighted by Crippen LogP contribution is -3.20. The van der Waals surface area contributed by atoms with Gasteiger partial charge in [-0.15, -0.1) is 0 Å². The van der Waals surface area contributed by atoms with Gasteiger partial charge in [0.25, 0.3) is 0 Å². The summed E-state index contributed by atoms with van der Waals surface area (Å²) >= 11 is 3.57. The van der Waals surface area contributed by atoms with Crippen LogP contribution in [0.5, 0.6) is 0 Å². The second-order valence-corrected chi connectivity index (χ2v) is 8.41. The lowest BCUT2D eigenvalue weighted by Gasteiger charge is -2.41. The Morgan fingerprint density at radius 2 is 1.71 bits per heavy atom. The van der Waals surface area contributed by atoms with E-state index in [4.69, 9.17) is 0 Å². The molecule has 2 bridgehead atoms. The molecule has 3 N–H and O–H groups in total. The topological polar surface area (TPSA) is 21.1 Å². The Kier molecular flexibility index (Phi) is 5.02. The molecular formula is C21H27BrN2+2. The first-order valence-corrected chi connectivity index (χ1v) is 10.0. The maximum Gasteiger partial charge on any atom is 0.139 e. The molecule has 3 aliphatic heterocycles. The molecule has 0 aliphatic carbocycles. The Morgan fingerprint density at radius 3 is 2.33 bits per heavy atom. The van der Waals surface area contributed by atoms with Gasteiger partial charge in [-0.25, -0.2) is 0 Å². The Labute approximate surface area is 153 Å². The van der Waals surface area contributed by atoms with E-state index in [2.05, 4.69) is 75.8 Å². The second kappa shape index (κ2) is 7.38. The highest BCUT2D eigenvalue weighted by Crippen LogP contribution is 2.21. The molecule has 0 amide bonds. The predicted molar refractivity (Wildman–Crippen MR) is 101 cm³/mol. The fraction of sp³-hybridized carbons (Fsp3) is 0.429. The molecule has 0 aromatic heterocycles. The highest BCUT2D eigenvalue weighted by molar-refractivity contribution is 9.10. The summed E-state index contributed by atoms with van der Waals surface area (Å²) in [6, 6.07) is 21.2. The van der Waals surface area contributed by atoms with Crippen molar-refractivity contribution < 1.29 is 10.2 Å². The number of piperidine rings is 3. The molecule has 126 valence electrons. The first kappa shape index (κ1) is 16.3. The summed E-state index contributed by atoms with van der Waals surface area (Å²) in [4.78, 5) is 1.83. The standard InChI is InChI=1S/C21H25BrN2/c22-19-8-6-17(7-9-19)20(14-16-4-2-1-3-5-16)23-21-15-24-12-10-18(21)11-13-24/h1-9,18,20-21,23H,10-15H2/p+2/t20-,21+/m0/s1. The third-order valence-electron chi connectivity index (χ3n) is 5.94. The summed E-state index contributed by atoms with van der Waals surface area (Å²) in [6.07, 6.45) is 3.96. The Morgan fingerprint density at radius 1 is 1.00 bits per heavy atom. The van der Waals surface area contributed by atoms with Gasteiger partial charge in [0.05, 0.1) is 13.1 Å². The summed E-state index contributed by atoms with van der Waals surface area (Å²) in [7, 11) is 0. The number of quaternary nitrogens is 2. The van der Waals surface area contributed by atoms with Crippen LogP contribution >= 0.6 is 15.9 Å². The van der Waals surface area contributed by atoms with Crippen molar-refractivity contribution in [1.29, 1.82) is 0 Å². The van der Waals surface area contributed by atoms with Crippen molar-refractivity contribution in [3.05, 3.63) is 70.2 Å². The van der Waals surface area contributed by atoms with Gasteiger partial charge in [0.15, 0.2) is 0 Å². The smallest absolute Gasteiger partial charge is 0.139 e. The van der Waals surface area contributed by atoms with Crippen LogP contribution < -0.4 is 10.2 Å². The molecule has 5 rings (SSSR count). The normalized spacial score (nSPS) is 27.1. The van der Waals surface area contributed by atoms with Crippen molar-refractivity contribution in [2.45, 2.75) is 31.3 Å². The van der Waals surface area contributed by atoms with E-state index in [1.54, 1.807) is 0 Å². The van der Waals surface area contributed by atoms with E-state index >= 15 is 0 Å². The van der Waals surface area contributed by atoms with E-state index < -0.39 is 0 Å². The van der Waals surface area contributed by atoms with Crippen molar-refractivity contribution in [2.75, 3.05) is 19.6 Å². The zero-order chi connectivity index (χ0) is 16.4. The van der Waals surface area contributed by atoms with E-state index in [1.165, 1.54) is 43.6 Å². The van der Waals surface area contributed by atoms with Gasteiger partial charge in [-0.05, 0) is 17.7 Å². The van der Waals surface area contributed by atoms with Gasteiger partial charge in [-0.2, -0.15) is 0 Å². The largest absolute Gasteiger partial charge is 0.332 e. The quantitative estimate of drug-likeness (QED) is 0.783. The monoisotopic (exact) mass is 386 g/mol. The number of fused-ring (bicyclic) bond motifs is 3.